The van der Waals surface area contributed by atoms with Crippen molar-refractivity contribution in [1.82, 2.24) is 34.5 Å². The van der Waals surface area contributed by atoms with Crippen molar-refractivity contribution in [3.05, 3.63) is 79.9 Å². The maximum atomic E-state index is 5.90. The number of aryl methyl sites for hydroxylation is 1. The molecule has 176 valence electrons. The number of H-pyrrole nitrogens is 1. The minimum absolute atomic E-state index is 0.471. The van der Waals surface area contributed by atoms with Crippen molar-refractivity contribution in [1.29, 1.82) is 0 Å². The molecule has 0 radical (unpaired) electrons. The Morgan fingerprint density at radius 2 is 1.97 bits per heavy atom. The summed E-state index contributed by atoms with van der Waals surface area (Å²) in [5.74, 6) is 2.59. The summed E-state index contributed by atoms with van der Waals surface area (Å²) in [5, 5.41) is 3.25. The molecular weight excluding hydrogens is 444 g/mol. The topological polar surface area (TPSA) is 116 Å². The summed E-state index contributed by atoms with van der Waals surface area (Å²) >= 11 is 0. The fourth-order valence-electron chi connectivity index (χ4n) is 3.48. The molecule has 0 aliphatic heterocycles. The Balaban J connectivity index is 1.23. The van der Waals surface area contributed by atoms with Gasteiger partial charge in [0, 0.05) is 48.6 Å². The number of nitrogens with one attached hydrogen (secondary N) is 2. The Hall–Kier alpha value is -4.73. The minimum atomic E-state index is 0.471. The van der Waals surface area contributed by atoms with Crippen LogP contribution in [0.2, 0.25) is 0 Å². The fraction of sp³-hybridized carbons (Fsp3) is 0.160. The number of pyridine rings is 1. The number of hydrogen-bond acceptors (Lipinski definition) is 8. The van der Waals surface area contributed by atoms with Gasteiger partial charge in [-0.25, -0.2) is 19.9 Å². The van der Waals surface area contributed by atoms with Crippen LogP contribution in [-0.4, -0.2) is 48.2 Å². The SMILES string of the molecule is COc1cncc(-c2ncc(-c3ccnc(Nc4cccc(OCCCn5ccnc5)c4)n3)[nH]2)c1. The molecule has 5 rings (SSSR count). The third kappa shape index (κ3) is 5.61. The molecular formula is C25H24N8O2. The monoisotopic (exact) mass is 468 g/mol. The zero-order valence-corrected chi connectivity index (χ0v) is 19.1. The molecule has 4 heterocycles. The van der Waals surface area contributed by atoms with E-state index in [2.05, 4.69) is 35.2 Å². The van der Waals surface area contributed by atoms with E-state index in [1.807, 2.05) is 47.2 Å². The average molecular weight is 469 g/mol. The molecule has 0 saturated heterocycles. The van der Waals surface area contributed by atoms with E-state index in [4.69, 9.17) is 9.47 Å². The number of imidazole rings is 2. The van der Waals surface area contributed by atoms with Gasteiger partial charge in [-0.1, -0.05) is 6.07 Å². The normalized spacial score (nSPS) is 10.8. The van der Waals surface area contributed by atoms with Gasteiger partial charge in [0.2, 0.25) is 5.95 Å². The number of aromatic nitrogens is 7. The van der Waals surface area contributed by atoms with Gasteiger partial charge in [0.25, 0.3) is 0 Å². The van der Waals surface area contributed by atoms with E-state index in [0.717, 1.165) is 35.7 Å². The number of hydrogen-bond donors (Lipinski definition) is 2. The second kappa shape index (κ2) is 10.5. The van der Waals surface area contributed by atoms with Crippen molar-refractivity contribution >= 4 is 11.6 Å². The highest BCUT2D eigenvalue weighted by atomic mass is 16.5. The van der Waals surface area contributed by atoms with Gasteiger partial charge in [-0.05, 0) is 30.7 Å². The van der Waals surface area contributed by atoms with Crippen LogP contribution < -0.4 is 14.8 Å². The molecule has 0 atom stereocenters. The second-order valence-electron chi connectivity index (χ2n) is 7.68. The maximum absolute atomic E-state index is 5.90. The first-order valence-electron chi connectivity index (χ1n) is 11.1. The number of anilines is 2. The van der Waals surface area contributed by atoms with Gasteiger partial charge in [0.15, 0.2) is 0 Å². The first kappa shape index (κ1) is 22.1. The van der Waals surface area contributed by atoms with E-state index < -0.39 is 0 Å². The number of nitrogens with zero attached hydrogens (tertiary/aromatic N) is 6. The summed E-state index contributed by atoms with van der Waals surface area (Å²) in [6.07, 6.45) is 13.2. The molecule has 0 bridgehead atoms. The third-order valence-electron chi connectivity index (χ3n) is 5.21. The van der Waals surface area contributed by atoms with Crippen LogP contribution in [0, 0.1) is 0 Å². The third-order valence-corrected chi connectivity index (χ3v) is 5.21. The van der Waals surface area contributed by atoms with E-state index in [9.17, 15) is 0 Å². The van der Waals surface area contributed by atoms with Crippen molar-refractivity contribution in [3.63, 3.8) is 0 Å². The summed E-state index contributed by atoms with van der Waals surface area (Å²) in [7, 11) is 1.61. The standard InChI is InChI=1S/C25H24N8O2/c1-34-21-12-18(14-27-15-21)24-29-16-23(31-24)22-6-7-28-25(32-22)30-19-4-2-5-20(13-19)35-11-3-9-33-10-8-26-17-33/h2,4-8,10,12-17H,3,9,11H2,1H3,(H,29,31)(H,28,30,32). The number of rotatable bonds is 10. The zero-order chi connectivity index (χ0) is 23.9. The average Bonchev–Trinajstić information content (AvgIpc) is 3.60. The van der Waals surface area contributed by atoms with Crippen LogP contribution >= 0.6 is 0 Å². The number of benzene rings is 1. The summed E-state index contributed by atoms with van der Waals surface area (Å²) in [5.41, 5.74) is 3.14. The largest absolute Gasteiger partial charge is 0.495 e. The lowest BCUT2D eigenvalue weighted by Crippen LogP contribution is -2.03. The van der Waals surface area contributed by atoms with Crippen LogP contribution in [0.3, 0.4) is 0 Å². The van der Waals surface area contributed by atoms with E-state index in [1.54, 1.807) is 44.4 Å². The Morgan fingerprint density at radius 1 is 1.00 bits per heavy atom. The van der Waals surface area contributed by atoms with Crippen LogP contribution in [0.1, 0.15) is 6.42 Å². The summed E-state index contributed by atoms with van der Waals surface area (Å²) < 4.78 is 13.2. The van der Waals surface area contributed by atoms with Gasteiger partial charge in [0.1, 0.15) is 17.3 Å². The summed E-state index contributed by atoms with van der Waals surface area (Å²) in [6.45, 7) is 1.47. The van der Waals surface area contributed by atoms with Crippen molar-refractivity contribution in [3.8, 4) is 34.3 Å². The molecule has 10 nitrogen and oxygen atoms in total. The molecule has 0 unspecified atom stereocenters. The zero-order valence-electron chi connectivity index (χ0n) is 19.1. The lowest BCUT2D eigenvalue weighted by atomic mass is 10.2. The maximum Gasteiger partial charge on any atom is 0.227 e. The molecule has 0 amide bonds. The first-order valence-corrected chi connectivity index (χ1v) is 11.1. The van der Waals surface area contributed by atoms with Gasteiger partial charge < -0.3 is 24.3 Å². The van der Waals surface area contributed by atoms with Crippen molar-refractivity contribution < 1.29 is 9.47 Å². The molecule has 4 aromatic heterocycles. The Morgan fingerprint density at radius 3 is 2.86 bits per heavy atom. The molecule has 1 aromatic carbocycles. The molecule has 2 N–H and O–H groups in total. The van der Waals surface area contributed by atoms with Gasteiger partial charge >= 0.3 is 0 Å². The Bertz CT molecular complexity index is 1380. The van der Waals surface area contributed by atoms with Crippen LogP contribution in [0.15, 0.2) is 79.9 Å². The van der Waals surface area contributed by atoms with Gasteiger partial charge in [-0.3, -0.25) is 4.98 Å². The smallest absolute Gasteiger partial charge is 0.227 e. The molecule has 0 aliphatic carbocycles. The highest BCUT2D eigenvalue weighted by Crippen LogP contribution is 2.24. The van der Waals surface area contributed by atoms with Crippen LogP contribution in [0.4, 0.5) is 11.6 Å². The lowest BCUT2D eigenvalue weighted by Gasteiger charge is -2.10. The molecule has 0 fully saturated rings. The van der Waals surface area contributed by atoms with Gasteiger partial charge in [-0.15, -0.1) is 0 Å². The van der Waals surface area contributed by atoms with E-state index >= 15 is 0 Å². The molecule has 0 aliphatic rings. The molecule has 0 saturated carbocycles. The molecule has 10 heteroatoms. The van der Waals surface area contributed by atoms with Gasteiger partial charge in [-0.2, -0.15) is 0 Å². The van der Waals surface area contributed by atoms with Crippen LogP contribution in [0.25, 0.3) is 22.8 Å². The van der Waals surface area contributed by atoms with Crippen LogP contribution in [0.5, 0.6) is 11.5 Å². The minimum Gasteiger partial charge on any atom is -0.495 e. The predicted molar refractivity (Wildman–Crippen MR) is 131 cm³/mol. The quantitative estimate of drug-likeness (QED) is 0.291. The summed E-state index contributed by atoms with van der Waals surface area (Å²) in [4.78, 5) is 25.0. The van der Waals surface area contributed by atoms with E-state index in [1.165, 1.54) is 0 Å². The predicted octanol–water partition coefficient (Wildman–Crippen LogP) is 4.35. The lowest BCUT2D eigenvalue weighted by molar-refractivity contribution is 0.302. The number of methoxy groups -OCH3 is 1. The first-order chi connectivity index (χ1) is 17.3. The van der Waals surface area contributed by atoms with Crippen molar-refractivity contribution in [2.75, 3.05) is 19.0 Å². The van der Waals surface area contributed by atoms with Crippen LogP contribution in [-0.2, 0) is 6.54 Å². The highest BCUT2D eigenvalue weighted by molar-refractivity contribution is 5.64. The fourth-order valence-corrected chi connectivity index (χ4v) is 3.48. The van der Waals surface area contributed by atoms with Crippen molar-refractivity contribution in [2.24, 2.45) is 0 Å². The molecule has 0 spiro atoms. The van der Waals surface area contributed by atoms with E-state index in [0.29, 0.717) is 29.8 Å². The molecule has 35 heavy (non-hydrogen) atoms. The Labute approximate surface area is 202 Å². The van der Waals surface area contributed by atoms with E-state index in [-0.39, 0.29) is 0 Å². The molecule has 5 aromatic rings. The second-order valence-corrected chi connectivity index (χ2v) is 7.68. The number of ether oxygens (including phenoxy) is 2. The Kier molecular flexibility index (Phi) is 6.60. The highest BCUT2D eigenvalue weighted by Gasteiger charge is 2.09. The summed E-state index contributed by atoms with van der Waals surface area (Å²) in [6, 6.07) is 11.4. The number of aromatic amines is 1. The van der Waals surface area contributed by atoms with Gasteiger partial charge in [0.05, 0.1) is 43.8 Å². The van der Waals surface area contributed by atoms with Crippen molar-refractivity contribution in [2.45, 2.75) is 13.0 Å².